The van der Waals surface area contributed by atoms with Crippen LogP contribution in [0.4, 0.5) is 0 Å². The Balaban J connectivity index is 1.53. The first-order valence-electron chi connectivity index (χ1n) is 11.6. The number of para-hydroxylation sites is 1. The maximum atomic E-state index is 6.37. The lowest BCUT2D eigenvalue weighted by molar-refractivity contribution is 0.663. The third-order valence-corrected chi connectivity index (χ3v) is 7.99. The van der Waals surface area contributed by atoms with Gasteiger partial charge in [-0.05, 0) is 78.9 Å². The standard InChI is InChI=1S/C32H17BrO2/c33-31-22-10-3-1-8-20(22)29(21-9-2-4-11-23(21)31)18-13-15-27-25(17-18)30-28(34-27)16-14-24-19-7-5-6-12-26(19)35-32(24)30/h1-17H. The molecule has 0 aliphatic heterocycles. The number of benzene rings is 6. The van der Waals surface area contributed by atoms with Crippen molar-refractivity contribution >= 4 is 81.4 Å². The Morgan fingerprint density at radius 2 is 1.06 bits per heavy atom. The summed E-state index contributed by atoms with van der Waals surface area (Å²) in [4.78, 5) is 0. The van der Waals surface area contributed by atoms with Crippen molar-refractivity contribution in [1.29, 1.82) is 0 Å². The summed E-state index contributed by atoms with van der Waals surface area (Å²) >= 11 is 3.87. The van der Waals surface area contributed by atoms with Crippen LogP contribution in [0.15, 0.2) is 116 Å². The minimum absolute atomic E-state index is 0.842. The van der Waals surface area contributed by atoms with Crippen molar-refractivity contribution in [2.75, 3.05) is 0 Å². The van der Waals surface area contributed by atoms with Crippen LogP contribution in [0.1, 0.15) is 0 Å². The van der Waals surface area contributed by atoms with E-state index in [1.165, 1.54) is 27.1 Å². The Kier molecular flexibility index (Phi) is 3.83. The molecule has 2 nitrogen and oxygen atoms in total. The molecule has 3 heteroatoms. The monoisotopic (exact) mass is 512 g/mol. The van der Waals surface area contributed by atoms with Crippen LogP contribution in [0.2, 0.25) is 0 Å². The predicted molar refractivity (Wildman–Crippen MR) is 149 cm³/mol. The first kappa shape index (κ1) is 19.2. The Labute approximate surface area is 208 Å². The molecule has 2 heterocycles. The second-order valence-electron chi connectivity index (χ2n) is 9.01. The minimum Gasteiger partial charge on any atom is -0.456 e. The maximum absolute atomic E-state index is 6.37. The van der Waals surface area contributed by atoms with Crippen LogP contribution in [0.25, 0.3) is 76.5 Å². The first-order valence-corrected chi connectivity index (χ1v) is 12.4. The van der Waals surface area contributed by atoms with Gasteiger partial charge in [0.25, 0.3) is 0 Å². The molecular weight excluding hydrogens is 496 g/mol. The molecule has 0 amide bonds. The van der Waals surface area contributed by atoms with Crippen LogP contribution in [-0.4, -0.2) is 0 Å². The molecule has 2 aromatic heterocycles. The molecule has 0 saturated carbocycles. The summed E-state index contributed by atoms with van der Waals surface area (Å²) in [5, 5.41) is 9.19. The van der Waals surface area contributed by atoms with Gasteiger partial charge in [0.15, 0.2) is 0 Å². The van der Waals surface area contributed by atoms with Gasteiger partial charge in [0.2, 0.25) is 0 Å². The van der Waals surface area contributed by atoms with Gasteiger partial charge < -0.3 is 8.83 Å². The summed E-state index contributed by atoms with van der Waals surface area (Å²) in [6.07, 6.45) is 0. The fourth-order valence-corrected chi connectivity index (χ4v) is 6.28. The van der Waals surface area contributed by atoms with Gasteiger partial charge in [-0.3, -0.25) is 0 Å². The van der Waals surface area contributed by atoms with E-state index in [4.69, 9.17) is 8.83 Å². The molecule has 0 aliphatic rings. The second-order valence-corrected chi connectivity index (χ2v) is 9.80. The Bertz CT molecular complexity index is 2070. The fourth-order valence-electron chi connectivity index (χ4n) is 5.59. The van der Waals surface area contributed by atoms with Gasteiger partial charge >= 0.3 is 0 Å². The number of furan rings is 2. The molecule has 8 rings (SSSR count). The van der Waals surface area contributed by atoms with Gasteiger partial charge in [0.05, 0.1) is 5.39 Å². The molecule has 0 aliphatic carbocycles. The molecule has 0 atom stereocenters. The number of fused-ring (bicyclic) bond motifs is 9. The van der Waals surface area contributed by atoms with Crippen LogP contribution >= 0.6 is 15.9 Å². The summed E-state index contributed by atoms with van der Waals surface area (Å²) < 4.78 is 13.8. The highest BCUT2D eigenvalue weighted by atomic mass is 79.9. The molecule has 0 spiro atoms. The molecule has 0 bridgehead atoms. The zero-order chi connectivity index (χ0) is 23.1. The van der Waals surface area contributed by atoms with Gasteiger partial charge in [-0.25, -0.2) is 0 Å². The SMILES string of the molecule is Brc1c2ccccc2c(-c2ccc3oc4ccc5c6ccccc6oc5c4c3c2)c2ccccc12. The molecular formula is C32H17BrO2. The smallest absolute Gasteiger partial charge is 0.147 e. The summed E-state index contributed by atoms with van der Waals surface area (Å²) in [6.45, 7) is 0. The Hall–Kier alpha value is -4.08. The number of hydrogen-bond acceptors (Lipinski definition) is 2. The highest BCUT2D eigenvalue weighted by Gasteiger charge is 2.18. The Morgan fingerprint density at radius 1 is 0.457 bits per heavy atom. The molecule has 0 radical (unpaired) electrons. The van der Waals surface area contributed by atoms with Gasteiger partial charge in [-0.2, -0.15) is 0 Å². The Morgan fingerprint density at radius 3 is 1.80 bits per heavy atom. The van der Waals surface area contributed by atoms with Gasteiger partial charge in [-0.1, -0.05) is 72.8 Å². The molecule has 0 unspecified atom stereocenters. The van der Waals surface area contributed by atoms with E-state index in [1.807, 2.05) is 12.1 Å². The summed E-state index contributed by atoms with van der Waals surface area (Å²) in [6, 6.07) is 36.0. The number of rotatable bonds is 1. The molecule has 0 fully saturated rings. The predicted octanol–water partition coefficient (Wildman–Crippen LogP) is 10.2. The van der Waals surface area contributed by atoms with E-state index < -0.39 is 0 Å². The average Bonchev–Trinajstić information content (AvgIpc) is 3.47. The topological polar surface area (TPSA) is 26.3 Å². The van der Waals surface area contributed by atoms with Crippen molar-refractivity contribution in [3.05, 3.63) is 108 Å². The lowest BCUT2D eigenvalue weighted by atomic mass is 9.91. The summed E-state index contributed by atoms with van der Waals surface area (Å²) in [7, 11) is 0. The quantitative estimate of drug-likeness (QED) is 0.204. The van der Waals surface area contributed by atoms with E-state index in [9.17, 15) is 0 Å². The lowest BCUT2D eigenvalue weighted by Gasteiger charge is -2.14. The van der Waals surface area contributed by atoms with Crippen molar-refractivity contribution in [3.8, 4) is 11.1 Å². The second kappa shape index (κ2) is 6.97. The van der Waals surface area contributed by atoms with E-state index in [2.05, 4.69) is 107 Å². The fraction of sp³-hybridized carbons (Fsp3) is 0. The number of halogens is 1. The van der Waals surface area contributed by atoms with Crippen LogP contribution in [0.3, 0.4) is 0 Å². The molecule has 8 aromatic rings. The average molecular weight is 513 g/mol. The largest absolute Gasteiger partial charge is 0.456 e. The maximum Gasteiger partial charge on any atom is 0.147 e. The molecule has 0 saturated heterocycles. The van der Waals surface area contributed by atoms with Crippen LogP contribution in [0.5, 0.6) is 0 Å². The van der Waals surface area contributed by atoms with Crippen molar-refractivity contribution in [2.24, 2.45) is 0 Å². The zero-order valence-electron chi connectivity index (χ0n) is 18.5. The van der Waals surface area contributed by atoms with E-state index in [-0.39, 0.29) is 0 Å². The van der Waals surface area contributed by atoms with E-state index >= 15 is 0 Å². The van der Waals surface area contributed by atoms with Crippen molar-refractivity contribution in [3.63, 3.8) is 0 Å². The minimum atomic E-state index is 0.842. The highest BCUT2D eigenvalue weighted by Crippen LogP contribution is 2.44. The molecule has 0 N–H and O–H groups in total. The first-order chi connectivity index (χ1) is 17.3. The van der Waals surface area contributed by atoms with Gasteiger partial charge in [0, 0.05) is 20.6 Å². The summed E-state index contributed by atoms with van der Waals surface area (Å²) in [5.74, 6) is 0. The molecule has 164 valence electrons. The number of hydrogen-bond donors (Lipinski definition) is 0. The van der Waals surface area contributed by atoms with E-state index in [0.29, 0.717) is 0 Å². The van der Waals surface area contributed by atoms with Crippen molar-refractivity contribution in [2.45, 2.75) is 0 Å². The summed E-state index contributed by atoms with van der Waals surface area (Å²) in [5.41, 5.74) is 5.87. The van der Waals surface area contributed by atoms with Crippen LogP contribution in [-0.2, 0) is 0 Å². The molecule has 6 aromatic carbocycles. The van der Waals surface area contributed by atoms with E-state index in [0.717, 1.165) is 53.9 Å². The lowest BCUT2D eigenvalue weighted by Crippen LogP contribution is -1.87. The van der Waals surface area contributed by atoms with E-state index in [1.54, 1.807) is 0 Å². The van der Waals surface area contributed by atoms with Crippen molar-refractivity contribution < 1.29 is 8.83 Å². The third-order valence-electron chi connectivity index (χ3n) is 7.13. The van der Waals surface area contributed by atoms with Crippen molar-refractivity contribution in [1.82, 2.24) is 0 Å². The van der Waals surface area contributed by atoms with Crippen LogP contribution in [0, 0.1) is 0 Å². The van der Waals surface area contributed by atoms with Gasteiger partial charge in [-0.15, -0.1) is 0 Å². The normalized spacial score (nSPS) is 12.1. The third kappa shape index (κ3) is 2.59. The zero-order valence-corrected chi connectivity index (χ0v) is 20.1. The van der Waals surface area contributed by atoms with Crippen LogP contribution < -0.4 is 0 Å². The molecule has 35 heavy (non-hydrogen) atoms. The van der Waals surface area contributed by atoms with Gasteiger partial charge in [0.1, 0.15) is 22.3 Å². The highest BCUT2D eigenvalue weighted by molar-refractivity contribution is 9.10.